The molecule has 0 bridgehead atoms. The van der Waals surface area contributed by atoms with Gasteiger partial charge in [-0.2, -0.15) is 0 Å². The molecule has 360 valence electrons. The van der Waals surface area contributed by atoms with E-state index in [0.717, 1.165) is 73.7 Å². The summed E-state index contributed by atoms with van der Waals surface area (Å²) in [5, 5.41) is 12.1. The van der Waals surface area contributed by atoms with Crippen molar-refractivity contribution in [2.45, 2.75) is 206 Å². The molecule has 2 aliphatic heterocycles. The molecule has 0 aromatic heterocycles. The molecule has 2 saturated heterocycles. The number of hydrogen-bond acceptors (Lipinski definition) is 9. The molecule has 65 heavy (non-hydrogen) atoms. The summed E-state index contributed by atoms with van der Waals surface area (Å²) in [7, 11) is 0. The minimum atomic E-state index is -1.23. The van der Waals surface area contributed by atoms with Gasteiger partial charge >= 0.3 is 0 Å². The number of ketones is 3. The van der Waals surface area contributed by atoms with Gasteiger partial charge in [-0.25, -0.2) is 0 Å². The number of fused-ring (bicyclic) bond motifs is 12. The van der Waals surface area contributed by atoms with Gasteiger partial charge in [0.25, 0.3) is 0 Å². The Hall–Kier alpha value is -2.01. The smallest absolute Gasteiger partial charge is 0.193 e. The highest BCUT2D eigenvalue weighted by Crippen LogP contribution is 2.71. The lowest BCUT2D eigenvalue weighted by Crippen LogP contribution is -2.63. The summed E-state index contributed by atoms with van der Waals surface area (Å²) in [5.41, 5.74) is 1.18. The van der Waals surface area contributed by atoms with E-state index in [0.29, 0.717) is 30.8 Å². The average molecular weight is 899 g/mol. The van der Waals surface area contributed by atoms with Crippen molar-refractivity contribution in [1.82, 2.24) is 0 Å². The first-order chi connectivity index (χ1) is 30.9. The summed E-state index contributed by atoms with van der Waals surface area (Å²) in [6.07, 6.45) is 23.7. The van der Waals surface area contributed by atoms with Crippen LogP contribution in [0.5, 0.6) is 0 Å². The van der Waals surface area contributed by atoms with Crippen molar-refractivity contribution >= 4 is 17.3 Å². The predicted octanol–water partition coefficient (Wildman–Crippen LogP) is 10.3. The first kappa shape index (κ1) is 46.7. The van der Waals surface area contributed by atoms with Crippen molar-refractivity contribution in [2.75, 3.05) is 19.8 Å². The van der Waals surface area contributed by atoms with Crippen LogP contribution in [0.3, 0.4) is 0 Å². The second-order valence-electron chi connectivity index (χ2n) is 24.8. The van der Waals surface area contributed by atoms with E-state index in [1.165, 1.54) is 44.9 Å². The molecule has 8 aliphatic carbocycles. The molecule has 10 aliphatic rings. The van der Waals surface area contributed by atoms with E-state index >= 15 is 0 Å². The third-order valence-electron chi connectivity index (χ3n) is 21.3. The number of ether oxygens (including phenoxy) is 5. The van der Waals surface area contributed by atoms with Crippen LogP contribution < -0.4 is 0 Å². The molecule has 10 rings (SSSR count). The second kappa shape index (κ2) is 16.8. The Bertz CT molecular complexity index is 1980. The van der Waals surface area contributed by atoms with Crippen molar-refractivity contribution in [3.63, 3.8) is 0 Å². The first-order valence-electron chi connectivity index (χ1n) is 26.4. The van der Waals surface area contributed by atoms with Crippen LogP contribution in [-0.2, 0) is 38.1 Å². The van der Waals surface area contributed by atoms with Gasteiger partial charge in [0.1, 0.15) is 13.2 Å². The van der Waals surface area contributed by atoms with Crippen LogP contribution in [0.15, 0.2) is 35.5 Å². The van der Waals surface area contributed by atoms with E-state index in [9.17, 15) is 19.5 Å². The fraction of sp³-hybridized carbons (Fsp3) is 0.839. The van der Waals surface area contributed by atoms with Crippen LogP contribution in [0.2, 0.25) is 0 Å². The van der Waals surface area contributed by atoms with Crippen LogP contribution in [-0.4, -0.2) is 84.2 Å². The van der Waals surface area contributed by atoms with Gasteiger partial charge in [0.15, 0.2) is 29.2 Å². The molecule has 0 aromatic carbocycles. The molecule has 18 atom stereocenters. The molecule has 1 N–H and O–H groups in total. The average Bonchev–Trinajstić information content (AvgIpc) is 3.49. The zero-order chi connectivity index (χ0) is 45.9. The zero-order valence-corrected chi connectivity index (χ0v) is 41.2. The Balaban J connectivity index is 0.717. The lowest BCUT2D eigenvalue weighted by Gasteiger charge is -2.59. The molecule has 2 heterocycles. The number of rotatable bonds is 15. The largest absolute Gasteiger partial charge is 0.393 e. The Morgan fingerprint density at radius 3 is 2.49 bits per heavy atom. The quantitative estimate of drug-likeness (QED) is 0.0973. The summed E-state index contributed by atoms with van der Waals surface area (Å²) in [5.74, 6) is 4.01. The van der Waals surface area contributed by atoms with Gasteiger partial charge in [0, 0.05) is 23.2 Å². The van der Waals surface area contributed by atoms with E-state index in [1.807, 2.05) is 6.08 Å². The number of carbonyl (C=O) groups excluding carboxylic acids is 3. The number of aliphatic hydroxyl groups excluding tert-OH is 1. The maximum Gasteiger partial charge on any atom is 0.193 e. The normalized spacial score (nSPS) is 48.1. The minimum Gasteiger partial charge on any atom is -0.393 e. The summed E-state index contributed by atoms with van der Waals surface area (Å²) in [4.78, 5) is 40.3. The molecule has 0 radical (unpaired) electrons. The van der Waals surface area contributed by atoms with Crippen molar-refractivity contribution in [2.24, 2.45) is 69.0 Å². The molecule has 0 amide bonds. The number of carbonyl (C=O) groups is 3. The number of aliphatic hydroxyl groups is 1. The van der Waals surface area contributed by atoms with Crippen molar-refractivity contribution in [3.8, 4) is 0 Å². The van der Waals surface area contributed by atoms with Gasteiger partial charge < -0.3 is 28.8 Å². The van der Waals surface area contributed by atoms with E-state index in [1.54, 1.807) is 17.7 Å². The molecule has 9 heteroatoms. The highest BCUT2D eigenvalue weighted by molar-refractivity contribution is 6.01. The summed E-state index contributed by atoms with van der Waals surface area (Å²) < 4.78 is 31.8. The number of allylic oxidation sites excluding steroid dienone is 5. The van der Waals surface area contributed by atoms with Crippen molar-refractivity contribution in [3.05, 3.63) is 35.5 Å². The Morgan fingerprint density at radius 1 is 0.923 bits per heavy atom. The van der Waals surface area contributed by atoms with Crippen molar-refractivity contribution in [1.29, 1.82) is 0 Å². The van der Waals surface area contributed by atoms with E-state index in [4.69, 9.17) is 23.7 Å². The van der Waals surface area contributed by atoms with Gasteiger partial charge in [-0.05, 0) is 175 Å². The molecule has 0 spiro atoms. The van der Waals surface area contributed by atoms with Gasteiger partial charge in [-0.1, -0.05) is 71.3 Å². The maximum absolute atomic E-state index is 14.6. The van der Waals surface area contributed by atoms with E-state index in [2.05, 4.69) is 61.5 Å². The predicted molar refractivity (Wildman–Crippen MR) is 249 cm³/mol. The highest BCUT2D eigenvalue weighted by Gasteiger charge is 2.76. The molecule has 9 nitrogen and oxygen atoms in total. The molecule has 6 saturated carbocycles. The van der Waals surface area contributed by atoms with Gasteiger partial charge in [-0.3, -0.25) is 14.4 Å². The van der Waals surface area contributed by atoms with Gasteiger partial charge in [0.05, 0.1) is 36.6 Å². The lowest BCUT2D eigenvalue weighted by atomic mass is 9.46. The Kier molecular flexibility index (Phi) is 12.1. The monoisotopic (exact) mass is 899 g/mol. The summed E-state index contributed by atoms with van der Waals surface area (Å²) in [6, 6.07) is 0. The van der Waals surface area contributed by atoms with E-state index in [-0.39, 0.29) is 78.5 Å². The number of hydrogen-bond donors (Lipinski definition) is 1. The fourth-order valence-corrected chi connectivity index (χ4v) is 17.8. The molecule has 8 fully saturated rings. The Labute approximate surface area is 390 Å². The summed E-state index contributed by atoms with van der Waals surface area (Å²) >= 11 is 0. The number of Topliss-reactive ketones (excluding diaryl/α,β-unsaturated/α-hetero) is 2. The zero-order valence-electron chi connectivity index (χ0n) is 41.2. The third-order valence-corrected chi connectivity index (χ3v) is 21.3. The Morgan fingerprint density at radius 2 is 1.72 bits per heavy atom. The van der Waals surface area contributed by atoms with Crippen LogP contribution in [0.1, 0.15) is 165 Å². The second-order valence-corrected chi connectivity index (χ2v) is 24.8. The standard InChI is InChI=1S/C56H82O9/c1-9-10-49-63-48-29-44-40-15-13-34-27-36(57)19-23-53(34,6)50(40)45(59)30-55(44,8)56(48,65-49)46(60)32-61-26-22-37(58)31-62-38-20-24-52(5)35(28-38)12-14-39-42-17-16-41(54(42,7)25-21-43(39)52)33(2)11-18-47-51(3,4)64-47/h12,19,23,27,33,38-45,47-50,59H,9-11,13-18,20-22,24-26,28-32H2,1-8H3/t33-,38+,39+,40+,41-,42+,43+,44+,45+,47?,48?,49+,50-,52+,53+,54-,55+,56-/m1/s1. The lowest BCUT2D eigenvalue weighted by molar-refractivity contribution is -0.201. The topological polar surface area (TPSA) is 121 Å². The van der Waals surface area contributed by atoms with E-state index < -0.39 is 34.9 Å². The number of epoxide rings is 1. The highest BCUT2D eigenvalue weighted by atomic mass is 16.7. The van der Waals surface area contributed by atoms with Crippen LogP contribution >= 0.6 is 0 Å². The maximum atomic E-state index is 14.6. The summed E-state index contributed by atoms with van der Waals surface area (Å²) in [6.45, 7) is 18.7. The molecule has 0 aromatic rings. The molecular formula is C56H82O9. The van der Waals surface area contributed by atoms with Crippen LogP contribution in [0, 0.1) is 69.0 Å². The molecular weight excluding hydrogens is 817 g/mol. The van der Waals surface area contributed by atoms with Crippen LogP contribution in [0.4, 0.5) is 0 Å². The fourth-order valence-electron chi connectivity index (χ4n) is 17.8. The SMILES string of the molecule is CCC[C@H]1OC2C[C@H]3[C@@H]4CCC5=CC(=O)C=C[C@]5(C)[C@H]4[C@@H](O)C[C@]3(C)[C@]2(C(=O)COCCC(=O)CO[C@H]2CC[C@@]3(C)C(=CC[C@H]4[C@@H]5CC[C@H]([C@H](C)CCC6OC6(C)C)[C@@]5(C)CC[C@@H]43)C2)O1. The van der Waals surface area contributed by atoms with Gasteiger partial charge in [-0.15, -0.1) is 0 Å². The van der Waals surface area contributed by atoms with Crippen molar-refractivity contribution < 1.29 is 43.2 Å². The minimum absolute atomic E-state index is 0.0000611. The molecule has 2 unspecified atom stereocenters. The third kappa shape index (κ3) is 7.45. The van der Waals surface area contributed by atoms with Crippen LogP contribution in [0.25, 0.3) is 0 Å². The first-order valence-corrected chi connectivity index (χ1v) is 26.4. The van der Waals surface area contributed by atoms with Gasteiger partial charge in [0.2, 0.25) is 0 Å².